The molecule has 0 unspecified atom stereocenters. The highest BCUT2D eigenvalue weighted by atomic mass is 35.5. The van der Waals surface area contributed by atoms with Crippen LogP contribution in [0.5, 0.6) is 11.5 Å². The fourth-order valence-electron chi connectivity index (χ4n) is 2.55. The normalized spacial score (nSPS) is 10.4. The van der Waals surface area contributed by atoms with Crippen LogP contribution in [0.1, 0.15) is 15.9 Å². The highest BCUT2D eigenvalue weighted by Crippen LogP contribution is 2.25. The lowest BCUT2D eigenvalue weighted by Crippen LogP contribution is -2.24. The minimum Gasteiger partial charge on any atom is -0.480 e. The van der Waals surface area contributed by atoms with E-state index in [0.717, 1.165) is 0 Å². The SMILES string of the molecule is O=C(COc1ccccc1Cl)Oc1ccc(Cl)cc1CNC(=O)c1ccccc1Cl. The second kappa shape index (κ2) is 10.3. The molecule has 0 aliphatic rings. The molecule has 0 heterocycles. The van der Waals surface area contributed by atoms with Gasteiger partial charge in [0.05, 0.1) is 15.6 Å². The topological polar surface area (TPSA) is 64.6 Å². The molecule has 154 valence electrons. The molecule has 0 saturated heterocycles. The van der Waals surface area contributed by atoms with E-state index < -0.39 is 5.97 Å². The minimum absolute atomic E-state index is 0.0819. The number of esters is 1. The standard InChI is InChI=1S/C22H16Cl3NO4/c23-15-9-10-19(30-21(27)13-29-20-8-4-3-7-18(20)25)14(11-15)12-26-22(28)16-5-1-2-6-17(16)24/h1-11H,12-13H2,(H,26,28). The fraction of sp³-hybridized carbons (Fsp3) is 0.0909. The summed E-state index contributed by atoms with van der Waals surface area (Å²) in [4.78, 5) is 24.6. The molecular weight excluding hydrogens is 449 g/mol. The maximum Gasteiger partial charge on any atom is 0.349 e. The van der Waals surface area contributed by atoms with E-state index in [1.54, 1.807) is 66.7 Å². The van der Waals surface area contributed by atoms with Gasteiger partial charge in [-0.1, -0.05) is 59.1 Å². The van der Waals surface area contributed by atoms with Crippen molar-refractivity contribution in [2.24, 2.45) is 0 Å². The predicted octanol–water partition coefficient (Wildman–Crippen LogP) is 5.56. The van der Waals surface area contributed by atoms with Gasteiger partial charge in [-0.25, -0.2) is 4.79 Å². The highest BCUT2D eigenvalue weighted by molar-refractivity contribution is 6.33. The number of nitrogens with one attached hydrogen (secondary N) is 1. The van der Waals surface area contributed by atoms with Crippen LogP contribution in [-0.4, -0.2) is 18.5 Å². The van der Waals surface area contributed by atoms with Crippen molar-refractivity contribution in [2.75, 3.05) is 6.61 Å². The summed E-state index contributed by atoms with van der Waals surface area (Å²) in [5.74, 6) is -0.359. The number of rotatable bonds is 7. The summed E-state index contributed by atoms with van der Waals surface area (Å²) in [6.45, 7) is -0.254. The number of para-hydroxylation sites is 1. The van der Waals surface area contributed by atoms with Gasteiger partial charge in [-0.3, -0.25) is 4.79 Å². The first-order chi connectivity index (χ1) is 14.4. The third-order valence-corrected chi connectivity index (χ3v) is 4.86. The van der Waals surface area contributed by atoms with Crippen LogP contribution < -0.4 is 14.8 Å². The maximum atomic E-state index is 12.4. The summed E-state index contributed by atoms with van der Waals surface area (Å²) in [5.41, 5.74) is 0.863. The average molecular weight is 465 g/mol. The Kier molecular flexibility index (Phi) is 7.57. The van der Waals surface area contributed by atoms with Crippen LogP contribution in [0.2, 0.25) is 15.1 Å². The zero-order chi connectivity index (χ0) is 21.5. The van der Waals surface area contributed by atoms with E-state index in [9.17, 15) is 9.59 Å². The van der Waals surface area contributed by atoms with Gasteiger partial charge in [-0.05, 0) is 42.5 Å². The first-order valence-electron chi connectivity index (χ1n) is 8.83. The zero-order valence-corrected chi connectivity index (χ0v) is 17.8. The Bertz CT molecular complexity index is 1070. The monoisotopic (exact) mass is 463 g/mol. The van der Waals surface area contributed by atoms with Crippen molar-refractivity contribution in [3.05, 3.63) is 92.9 Å². The summed E-state index contributed by atoms with van der Waals surface area (Å²) in [6.07, 6.45) is 0. The molecule has 0 aliphatic carbocycles. The van der Waals surface area contributed by atoms with Crippen LogP contribution in [0.15, 0.2) is 66.7 Å². The van der Waals surface area contributed by atoms with Gasteiger partial charge >= 0.3 is 5.97 Å². The van der Waals surface area contributed by atoms with Crippen LogP contribution in [-0.2, 0) is 11.3 Å². The van der Waals surface area contributed by atoms with E-state index in [1.807, 2.05) is 0 Å². The van der Waals surface area contributed by atoms with Gasteiger partial charge in [-0.2, -0.15) is 0 Å². The summed E-state index contributed by atoms with van der Waals surface area (Å²) in [6, 6.07) is 18.2. The molecule has 3 aromatic carbocycles. The Balaban J connectivity index is 1.64. The third-order valence-electron chi connectivity index (χ3n) is 3.99. The smallest absolute Gasteiger partial charge is 0.349 e. The molecule has 1 amide bonds. The summed E-state index contributed by atoms with van der Waals surface area (Å²) in [7, 11) is 0. The number of ether oxygens (including phenoxy) is 2. The van der Waals surface area contributed by atoms with E-state index in [4.69, 9.17) is 44.3 Å². The first-order valence-corrected chi connectivity index (χ1v) is 9.96. The van der Waals surface area contributed by atoms with Crippen LogP contribution in [0.3, 0.4) is 0 Å². The Labute approximate surface area is 188 Å². The molecule has 0 radical (unpaired) electrons. The largest absolute Gasteiger partial charge is 0.480 e. The van der Waals surface area contributed by atoms with Crippen molar-refractivity contribution in [3.8, 4) is 11.5 Å². The first kappa shape index (κ1) is 22.0. The quantitative estimate of drug-likeness (QED) is 0.367. The molecule has 5 nitrogen and oxygen atoms in total. The number of amides is 1. The van der Waals surface area contributed by atoms with E-state index in [0.29, 0.717) is 31.9 Å². The molecule has 0 aromatic heterocycles. The average Bonchev–Trinajstić information content (AvgIpc) is 2.73. The van der Waals surface area contributed by atoms with E-state index in [1.165, 1.54) is 0 Å². The van der Waals surface area contributed by atoms with Gasteiger partial charge in [0.15, 0.2) is 6.61 Å². The number of carbonyl (C=O) groups is 2. The minimum atomic E-state index is -0.629. The predicted molar refractivity (Wildman–Crippen MR) is 117 cm³/mol. The van der Waals surface area contributed by atoms with Crippen LogP contribution >= 0.6 is 34.8 Å². The lowest BCUT2D eigenvalue weighted by atomic mass is 10.1. The van der Waals surface area contributed by atoms with Crippen molar-refractivity contribution in [3.63, 3.8) is 0 Å². The Morgan fingerprint density at radius 1 is 0.833 bits per heavy atom. The molecule has 3 aromatic rings. The van der Waals surface area contributed by atoms with Crippen molar-refractivity contribution in [1.82, 2.24) is 5.32 Å². The summed E-state index contributed by atoms with van der Waals surface area (Å²) in [5, 5.41) is 3.90. The third kappa shape index (κ3) is 5.89. The number of benzene rings is 3. The zero-order valence-electron chi connectivity index (χ0n) is 15.5. The van der Waals surface area contributed by atoms with Gasteiger partial charge in [0.1, 0.15) is 11.5 Å². The van der Waals surface area contributed by atoms with Crippen LogP contribution in [0.25, 0.3) is 0 Å². The number of halogens is 3. The second-order valence-electron chi connectivity index (χ2n) is 6.11. The number of hydrogen-bond acceptors (Lipinski definition) is 4. The summed E-state index contributed by atoms with van der Waals surface area (Å²) < 4.78 is 10.8. The molecule has 30 heavy (non-hydrogen) atoms. The molecule has 0 aliphatic heterocycles. The Morgan fingerprint density at radius 2 is 1.53 bits per heavy atom. The molecule has 0 fully saturated rings. The van der Waals surface area contributed by atoms with Crippen molar-refractivity contribution in [2.45, 2.75) is 6.54 Å². The Morgan fingerprint density at radius 3 is 2.27 bits per heavy atom. The number of carbonyl (C=O) groups excluding carboxylic acids is 2. The molecule has 3 rings (SSSR count). The maximum absolute atomic E-state index is 12.4. The molecule has 0 saturated carbocycles. The van der Waals surface area contributed by atoms with Gasteiger partial charge in [0.2, 0.25) is 0 Å². The van der Waals surface area contributed by atoms with Gasteiger partial charge in [0, 0.05) is 17.1 Å². The van der Waals surface area contributed by atoms with E-state index in [-0.39, 0.29) is 24.8 Å². The lowest BCUT2D eigenvalue weighted by molar-refractivity contribution is -0.136. The van der Waals surface area contributed by atoms with Crippen LogP contribution in [0.4, 0.5) is 0 Å². The van der Waals surface area contributed by atoms with Gasteiger partial charge < -0.3 is 14.8 Å². The van der Waals surface area contributed by atoms with E-state index >= 15 is 0 Å². The lowest BCUT2D eigenvalue weighted by Gasteiger charge is -2.13. The molecule has 1 N–H and O–H groups in total. The van der Waals surface area contributed by atoms with Crippen LogP contribution in [0, 0.1) is 0 Å². The molecular formula is C22H16Cl3NO4. The van der Waals surface area contributed by atoms with Crippen molar-refractivity contribution >= 4 is 46.7 Å². The Hall–Kier alpha value is -2.73. The molecule has 0 spiro atoms. The molecule has 8 heteroatoms. The van der Waals surface area contributed by atoms with Crippen molar-refractivity contribution < 1.29 is 19.1 Å². The highest BCUT2D eigenvalue weighted by Gasteiger charge is 2.14. The second-order valence-corrected chi connectivity index (χ2v) is 7.36. The van der Waals surface area contributed by atoms with Gasteiger partial charge in [-0.15, -0.1) is 0 Å². The fourth-order valence-corrected chi connectivity index (χ4v) is 3.16. The van der Waals surface area contributed by atoms with E-state index in [2.05, 4.69) is 5.32 Å². The summed E-state index contributed by atoms with van der Waals surface area (Å²) >= 11 is 18.1. The van der Waals surface area contributed by atoms with Crippen molar-refractivity contribution in [1.29, 1.82) is 0 Å². The van der Waals surface area contributed by atoms with Gasteiger partial charge in [0.25, 0.3) is 5.91 Å². The molecule has 0 bridgehead atoms. The number of hydrogen-bond donors (Lipinski definition) is 1. The molecule has 0 atom stereocenters.